The number of hydrogen-bond donors (Lipinski definition) is 1. The fraction of sp³-hybridized carbons (Fsp3) is 0.438. The Balaban J connectivity index is 1.86. The Morgan fingerprint density at radius 2 is 1.70 bits per heavy atom. The molecule has 2 aromatic carbocycles. The van der Waals surface area contributed by atoms with Crippen LogP contribution in [0.1, 0.15) is 33.3 Å². The van der Waals surface area contributed by atoms with E-state index in [1.807, 2.05) is 0 Å². The van der Waals surface area contributed by atoms with Crippen LogP contribution in [0, 0.1) is 5.82 Å². The lowest BCUT2D eigenvalue weighted by molar-refractivity contribution is -0.138. The zero-order chi connectivity index (χ0) is 37.0. The van der Waals surface area contributed by atoms with Crippen molar-refractivity contribution in [2.24, 2.45) is 0 Å². The van der Waals surface area contributed by atoms with Crippen molar-refractivity contribution in [2.45, 2.75) is 51.0 Å². The lowest BCUT2D eigenvalue weighted by Gasteiger charge is -2.38. The van der Waals surface area contributed by atoms with Gasteiger partial charge in [0.15, 0.2) is 4.90 Å². The molecule has 1 amide bonds. The summed E-state index contributed by atoms with van der Waals surface area (Å²) in [6.45, 7) is 2.64. The standard InChI is InChI=1S/C32H36F6N4O7S/c1-5-42(50(45,46)27-17-22(32(36,37)38)19-39-28(27)47-13-12-43)26-16-20(21-14-23(33)18-24(15-21)48-29(34)35)6-7-25(26)40-8-10-41(11-9-40)30(44)49-31(2,3)4/h6-7,14-19,29,43H,5,8-13H2,1-4H3. The second-order valence-electron chi connectivity index (χ2n) is 12.0. The third kappa shape index (κ3) is 9.21. The predicted octanol–water partition coefficient (Wildman–Crippen LogP) is 6.15. The van der Waals surface area contributed by atoms with Crippen molar-refractivity contribution in [2.75, 3.05) is 55.1 Å². The van der Waals surface area contributed by atoms with Crippen molar-refractivity contribution < 1.29 is 58.9 Å². The van der Waals surface area contributed by atoms with Crippen molar-refractivity contribution in [1.29, 1.82) is 0 Å². The van der Waals surface area contributed by atoms with Gasteiger partial charge in [-0.2, -0.15) is 22.0 Å². The fourth-order valence-electron chi connectivity index (χ4n) is 5.14. The third-order valence-corrected chi connectivity index (χ3v) is 9.16. The Morgan fingerprint density at radius 1 is 1.02 bits per heavy atom. The van der Waals surface area contributed by atoms with Crippen LogP contribution in [0.5, 0.6) is 11.6 Å². The number of ether oxygens (including phenoxy) is 3. The van der Waals surface area contributed by atoms with Gasteiger partial charge in [0.1, 0.15) is 23.8 Å². The average Bonchev–Trinajstić information content (AvgIpc) is 3.02. The summed E-state index contributed by atoms with van der Waals surface area (Å²) in [6.07, 6.45) is -5.12. The second kappa shape index (κ2) is 15.2. The number of aliphatic hydroxyl groups excluding tert-OH is 1. The minimum Gasteiger partial charge on any atom is -0.474 e. The van der Waals surface area contributed by atoms with Gasteiger partial charge in [0, 0.05) is 45.0 Å². The van der Waals surface area contributed by atoms with Gasteiger partial charge in [-0.3, -0.25) is 4.31 Å². The first-order valence-corrected chi connectivity index (χ1v) is 16.7. The first-order valence-electron chi connectivity index (χ1n) is 15.3. The largest absolute Gasteiger partial charge is 0.474 e. The van der Waals surface area contributed by atoms with E-state index in [1.54, 1.807) is 25.7 Å². The van der Waals surface area contributed by atoms with E-state index < -0.39 is 75.6 Å². The van der Waals surface area contributed by atoms with E-state index in [0.29, 0.717) is 12.3 Å². The van der Waals surface area contributed by atoms with Gasteiger partial charge >= 0.3 is 18.9 Å². The van der Waals surface area contributed by atoms with E-state index >= 15 is 0 Å². The Labute approximate surface area is 285 Å². The van der Waals surface area contributed by atoms with Crippen molar-refractivity contribution in [3.05, 3.63) is 60.0 Å². The molecular weight excluding hydrogens is 698 g/mol. The number of aliphatic hydroxyl groups is 1. The zero-order valence-electron chi connectivity index (χ0n) is 27.5. The summed E-state index contributed by atoms with van der Waals surface area (Å²) >= 11 is 0. The number of alkyl halides is 5. The number of anilines is 2. The van der Waals surface area contributed by atoms with Crippen LogP contribution in [0.15, 0.2) is 53.6 Å². The zero-order valence-corrected chi connectivity index (χ0v) is 28.3. The maximum atomic E-state index is 14.5. The number of nitrogens with zero attached hydrogens (tertiary/aromatic N) is 4. The minimum absolute atomic E-state index is 0.0318. The summed E-state index contributed by atoms with van der Waals surface area (Å²) in [5.74, 6) is -2.12. The van der Waals surface area contributed by atoms with E-state index in [0.717, 1.165) is 22.5 Å². The van der Waals surface area contributed by atoms with Crippen LogP contribution in [0.25, 0.3) is 11.1 Å². The van der Waals surface area contributed by atoms with Crippen molar-refractivity contribution in [1.82, 2.24) is 9.88 Å². The maximum Gasteiger partial charge on any atom is 0.417 e. The first kappa shape index (κ1) is 38.4. The fourth-order valence-corrected chi connectivity index (χ4v) is 6.73. The number of benzene rings is 2. The van der Waals surface area contributed by atoms with E-state index in [9.17, 15) is 44.7 Å². The van der Waals surface area contributed by atoms with Gasteiger partial charge in [-0.25, -0.2) is 22.6 Å². The number of piperazine rings is 1. The molecule has 18 heteroatoms. The van der Waals surface area contributed by atoms with E-state index in [4.69, 9.17) is 9.47 Å². The summed E-state index contributed by atoms with van der Waals surface area (Å²) in [4.78, 5) is 18.6. The Hall–Kier alpha value is -4.45. The van der Waals surface area contributed by atoms with Crippen LogP contribution in [0.4, 0.5) is 42.5 Å². The summed E-state index contributed by atoms with van der Waals surface area (Å²) in [6, 6.07) is 7.57. The number of rotatable bonds is 11. The highest BCUT2D eigenvalue weighted by Gasteiger charge is 2.37. The van der Waals surface area contributed by atoms with Gasteiger partial charge in [0.05, 0.1) is 23.5 Å². The van der Waals surface area contributed by atoms with Gasteiger partial charge in [0.25, 0.3) is 10.0 Å². The highest BCUT2D eigenvalue weighted by atomic mass is 32.2. The smallest absolute Gasteiger partial charge is 0.417 e. The molecule has 11 nitrogen and oxygen atoms in total. The molecule has 0 bridgehead atoms. The highest BCUT2D eigenvalue weighted by Crippen LogP contribution is 2.41. The summed E-state index contributed by atoms with van der Waals surface area (Å²) in [5, 5.41) is 9.25. The number of carbonyl (C=O) groups excluding carboxylic acids is 1. The molecule has 1 N–H and O–H groups in total. The molecule has 0 unspecified atom stereocenters. The monoisotopic (exact) mass is 734 g/mol. The van der Waals surface area contributed by atoms with Crippen LogP contribution in [-0.2, 0) is 20.9 Å². The molecule has 1 aromatic heterocycles. The topological polar surface area (TPSA) is 122 Å². The number of carbonyl (C=O) groups is 1. The third-order valence-electron chi connectivity index (χ3n) is 7.28. The number of hydrogen-bond acceptors (Lipinski definition) is 9. The normalized spacial score (nSPS) is 14.2. The molecule has 1 fully saturated rings. The van der Waals surface area contributed by atoms with Crippen LogP contribution in [-0.4, -0.2) is 87.7 Å². The number of sulfonamides is 1. The van der Waals surface area contributed by atoms with E-state index in [-0.39, 0.29) is 55.2 Å². The second-order valence-corrected chi connectivity index (χ2v) is 13.8. The summed E-state index contributed by atoms with van der Waals surface area (Å²) in [7, 11) is -4.93. The molecule has 4 rings (SSSR count). The molecule has 0 atom stereocenters. The summed E-state index contributed by atoms with van der Waals surface area (Å²) < 4.78 is 126. The lowest BCUT2D eigenvalue weighted by atomic mass is 10.0. The maximum absolute atomic E-state index is 14.5. The molecule has 2 heterocycles. The number of amides is 1. The number of halogens is 6. The SMILES string of the molecule is CCN(c1cc(-c2cc(F)cc(OC(F)F)c2)ccc1N1CCN(C(=O)OC(C)(C)C)CC1)S(=O)(=O)c1cc(C(F)(F)F)cnc1OCCO. The van der Waals surface area contributed by atoms with Crippen LogP contribution >= 0.6 is 0 Å². The van der Waals surface area contributed by atoms with Crippen LogP contribution < -0.4 is 18.7 Å². The Kier molecular flexibility index (Phi) is 11.7. The Bertz CT molecular complexity index is 1780. The van der Waals surface area contributed by atoms with E-state index in [1.165, 1.54) is 30.0 Å². The molecule has 50 heavy (non-hydrogen) atoms. The lowest BCUT2D eigenvalue weighted by Crippen LogP contribution is -2.50. The molecule has 0 aliphatic carbocycles. The molecule has 1 aliphatic rings. The molecule has 0 saturated carbocycles. The minimum atomic E-state index is -4.97. The van der Waals surface area contributed by atoms with Crippen molar-refractivity contribution in [3.63, 3.8) is 0 Å². The Morgan fingerprint density at radius 3 is 2.28 bits per heavy atom. The molecular formula is C32H36F6N4O7S. The molecule has 1 aliphatic heterocycles. The predicted molar refractivity (Wildman–Crippen MR) is 171 cm³/mol. The van der Waals surface area contributed by atoms with Crippen LogP contribution in [0.2, 0.25) is 0 Å². The quantitative estimate of drug-likeness (QED) is 0.231. The number of aromatic nitrogens is 1. The molecule has 3 aromatic rings. The van der Waals surface area contributed by atoms with Gasteiger partial charge < -0.3 is 29.1 Å². The molecule has 0 spiro atoms. The van der Waals surface area contributed by atoms with Gasteiger partial charge in [-0.1, -0.05) is 6.07 Å². The average molecular weight is 735 g/mol. The van der Waals surface area contributed by atoms with Crippen molar-refractivity contribution in [3.8, 4) is 22.8 Å². The number of pyridine rings is 1. The highest BCUT2D eigenvalue weighted by molar-refractivity contribution is 7.93. The first-order chi connectivity index (χ1) is 23.3. The van der Waals surface area contributed by atoms with Crippen LogP contribution in [0.3, 0.4) is 0 Å². The van der Waals surface area contributed by atoms with Gasteiger partial charge in [-0.15, -0.1) is 0 Å². The molecule has 274 valence electrons. The van der Waals surface area contributed by atoms with E-state index in [2.05, 4.69) is 9.72 Å². The summed E-state index contributed by atoms with van der Waals surface area (Å²) in [5.41, 5.74) is -1.72. The molecule has 0 radical (unpaired) electrons. The van der Waals surface area contributed by atoms with Gasteiger partial charge in [0.2, 0.25) is 5.88 Å². The van der Waals surface area contributed by atoms with Gasteiger partial charge in [-0.05, 0) is 69.2 Å². The van der Waals surface area contributed by atoms with Crippen molar-refractivity contribution >= 4 is 27.5 Å². The molecule has 1 saturated heterocycles.